The van der Waals surface area contributed by atoms with Gasteiger partial charge in [0.1, 0.15) is 6.04 Å². The SMILES string of the molecule is COC(=O)C(N)Cc1ccc(F)c(F)c1. The van der Waals surface area contributed by atoms with Crippen LogP contribution in [0.25, 0.3) is 0 Å². The quantitative estimate of drug-likeness (QED) is 0.765. The van der Waals surface area contributed by atoms with E-state index in [0.29, 0.717) is 5.56 Å². The van der Waals surface area contributed by atoms with Crippen molar-refractivity contribution < 1.29 is 18.3 Å². The molecule has 1 aromatic carbocycles. The van der Waals surface area contributed by atoms with Crippen molar-refractivity contribution in [1.29, 1.82) is 0 Å². The number of benzene rings is 1. The highest BCUT2D eigenvalue weighted by Gasteiger charge is 2.15. The number of methoxy groups -OCH3 is 1. The molecule has 5 heteroatoms. The van der Waals surface area contributed by atoms with E-state index in [1.165, 1.54) is 13.2 Å². The van der Waals surface area contributed by atoms with Gasteiger partial charge in [-0.15, -0.1) is 0 Å². The molecule has 1 unspecified atom stereocenters. The molecule has 0 aromatic heterocycles. The van der Waals surface area contributed by atoms with E-state index in [-0.39, 0.29) is 6.42 Å². The van der Waals surface area contributed by atoms with Crippen LogP contribution in [-0.4, -0.2) is 19.1 Å². The van der Waals surface area contributed by atoms with Gasteiger partial charge in [0, 0.05) is 0 Å². The zero-order chi connectivity index (χ0) is 11.4. The summed E-state index contributed by atoms with van der Waals surface area (Å²) in [6.45, 7) is 0. The number of nitrogens with two attached hydrogens (primary N) is 1. The number of carbonyl (C=O) groups is 1. The van der Waals surface area contributed by atoms with E-state index in [2.05, 4.69) is 4.74 Å². The van der Waals surface area contributed by atoms with Crippen LogP contribution in [0.1, 0.15) is 5.56 Å². The van der Waals surface area contributed by atoms with Crippen LogP contribution >= 0.6 is 0 Å². The highest BCUT2D eigenvalue weighted by atomic mass is 19.2. The number of hydrogen-bond acceptors (Lipinski definition) is 3. The van der Waals surface area contributed by atoms with Crippen molar-refractivity contribution in [3.63, 3.8) is 0 Å². The lowest BCUT2D eigenvalue weighted by atomic mass is 10.1. The molecule has 82 valence electrons. The van der Waals surface area contributed by atoms with Gasteiger partial charge >= 0.3 is 5.97 Å². The molecule has 0 fully saturated rings. The molecule has 0 saturated carbocycles. The second-order valence-electron chi connectivity index (χ2n) is 3.08. The number of rotatable bonds is 3. The van der Waals surface area contributed by atoms with E-state index in [4.69, 9.17) is 5.73 Å². The van der Waals surface area contributed by atoms with Gasteiger partial charge in [0.25, 0.3) is 0 Å². The smallest absolute Gasteiger partial charge is 0.322 e. The van der Waals surface area contributed by atoms with Crippen LogP contribution in [0.2, 0.25) is 0 Å². The zero-order valence-electron chi connectivity index (χ0n) is 8.17. The minimum atomic E-state index is -0.954. The molecule has 0 bridgehead atoms. The van der Waals surface area contributed by atoms with E-state index in [1.807, 2.05) is 0 Å². The first-order chi connectivity index (χ1) is 7.04. The summed E-state index contributed by atoms with van der Waals surface area (Å²) in [5.74, 6) is -2.46. The molecule has 0 heterocycles. The summed E-state index contributed by atoms with van der Waals surface area (Å²) in [4.78, 5) is 11.0. The van der Waals surface area contributed by atoms with E-state index < -0.39 is 23.6 Å². The van der Waals surface area contributed by atoms with Crippen molar-refractivity contribution in [1.82, 2.24) is 0 Å². The maximum absolute atomic E-state index is 12.8. The highest BCUT2D eigenvalue weighted by Crippen LogP contribution is 2.10. The molecule has 0 aliphatic carbocycles. The summed E-state index contributed by atoms with van der Waals surface area (Å²) in [5.41, 5.74) is 5.91. The molecule has 0 spiro atoms. The lowest BCUT2D eigenvalue weighted by Crippen LogP contribution is -2.33. The minimum absolute atomic E-state index is 0.115. The molecule has 0 aliphatic rings. The lowest BCUT2D eigenvalue weighted by Gasteiger charge is -2.08. The first-order valence-electron chi connectivity index (χ1n) is 4.32. The molecule has 0 radical (unpaired) electrons. The Morgan fingerprint density at radius 1 is 1.47 bits per heavy atom. The summed E-state index contributed by atoms with van der Waals surface area (Å²) in [5, 5.41) is 0. The van der Waals surface area contributed by atoms with Gasteiger partial charge in [0.15, 0.2) is 11.6 Å². The Hall–Kier alpha value is -1.49. The predicted octanol–water partition coefficient (Wildman–Crippen LogP) is 1.01. The summed E-state index contributed by atoms with van der Waals surface area (Å²) in [7, 11) is 1.22. The molecule has 15 heavy (non-hydrogen) atoms. The molecular formula is C10H11F2NO2. The maximum Gasteiger partial charge on any atom is 0.322 e. The number of carbonyl (C=O) groups excluding carboxylic acids is 1. The van der Waals surface area contributed by atoms with Gasteiger partial charge in [-0.2, -0.15) is 0 Å². The van der Waals surface area contributed by atoms with Gasteiger partial charge in [-0.05, 0) is 24.1 Å². The van der Waals surface area contributed by atoms with Gasteiger partial charge in [-0.3, -0.25) is 4.79 Å². The summed E-state index contributed by atoms with van der Waals surface area (Å²) < 4.78 is 29.8. The second kappa shape index (κ2) is 4.84. The summed E-state index contributed by atoms with van der Waals surface area (Å²) >= 11 is 0. The molecular weight excluding hydrogens is 204 g/mol. The van der Waals surface area contributed by atoms with Crippen molar-refractivity contribution >= 4 is 5.97 Å². The van der Waals surface area contributed by atoms with E-state index in [9.17, 15) is 13.6 Å². The zero-order valence-corrected chi connectivity index (χ0v) is 8.17. The maximum atomic E-state index is 12.8. The number of halogens is 2. The van der Waals surface area contributed by atoms with Crippen molar-refractivity contribution in [2.24, 2.45) is 5.73 Å². The first-order valence-corrected chi connectivity index (χ1v) is 4.32. The second-order valence-corrected chi connectivity index (χ2v) is 3.08. The lowest BCUT2D eigenvalue weighted by molar-refractivity contribution is -0.142. The summed E-state index contributed by atoms with van der Waals surface area (Å²) in [6, 6.07) is 2.52. The number of hydrogen-bond donors (Lipinski definition) is 1. The van der Waals surface area contributed by atoms with Crippen molar-refractivity contribution in [2.45, 2.75) is 12.5 Å². The van der Waals surface area contributed by atoms with Crippen molar-refractivity contribution in [2.75, 3.05) is 7.11 Å². The van der Waals surface area contributed by atoms with Crippen LogP contribution in [0.15, 0.2) is 18.2 Å². The van der Waals surface area contributed by atoms with Crippen LogP contribution in [0.4, 0.5) is 8.78 Å². The predicted molar refractivity (Wildman–Crippen MR) is 50.1 cm³/mol. The molecule has 0 aliphatic heterocycles. The largest absolute Gasteiger partial charge is 0.468 e. The Bertz CT molecular complexity index is 368. The van der Waals surface area contributed by atoms with Crippen molar-refractivity contribution in [3.8, 4) is 0 Å². The molecule has 1 atom stereocenters. The molecule has 1 aromatic rings. The standard InChI is InChI=1S/C10H11F2NO2/c1-15-10(14)9(13)5-6-2-3-7(11)8(12)4-6/h2-4,9H,5,13H2,1H3. The average molecular weight is 215 g/mol. The Labute approximate surface area is 85.8 Å². The van der Waals surface area contributed by atoms with Gasteiger partial charge in [-0.1, -0.05) is 6.07 Å². The van der Waals surface area contributed by atoms with Gasteiger partial charge in [0.05, 0.1) is 7.11 Å². The molecule has 3 nitrogen and oxygen atoms in total. The Morgan fingerprint density at radius 2 is 2.13 bits per heavy atom. The molecule has 0 saturated heterocycles. The van der Waals surface area contributed by atoms with Crippen LogP contribution in [0.3, 0.4) is 0 Å². The van der Waals surface area contributed by atoms with E-state index >= 15 is 0 Å². The van der Waals surface area contributed by atoms with Crippen LogP contribution < -0.4 is 5.73 Å². The Balaban J connectivity index is 2.73. The third-order valence-electron chi connectivity index (χ3n) is 1.94. The van der Waals surface area contributed by atoms with Crippen molar-refractivity contribution in [3.05, 3.63) is 35.4 Å². The minimum Gasteiger partial charge on any atom is -0.468 e. The fourth-order valence-corrected chi connectivity index (χ4v) is 1.16. The highest BCUT2D eigenvalue weighted by molar-refractivity contribution is 5.75. The van der Waals surface area contributed by atoms with Gasteiger partial charge in [-0.25, -0.2) is 8.78 Å². The average Bonchev–Trinajstić information content (AvgIpc) is 2.22. The number of ether oxygens (including phenoxy) is 1. The third-order valence-corrected chi connectivity index (χ3v) is 1.94. The molecule has 1 rings (SSSR count). The molecule has 2 N–H and O–H groups in total. The summed E-state index contributed by atoms with van der Waals surface area (Å²) in [6.07, 6.45) is 0.115. The fraction of sp³-hybridized carbons (Fsp3) is 0.300. The third kappa shape index (κ3) is 2.99. The van der Waals surface area contributed by atoms with Crippen LogP contribution in [0, 0.1) is 11.6 Å². The normalized spacial score (nSPS) is 12.3. The number of esters is 1. The monoisotopic (exact) mass is 215 g/mol. The molecule has 0 amide bonds. The van der Waals surface area contributed by atoms with E-state index in [0.717, 1.165) is 12.1 Å². The van der Waals surface area contributed by atoms with Crippen LogP contribution in [-0.2, 0) is 16.0 Å². The topological polar surface area (TPSA) is 52.3 Å². The first kappa shape index (κ1) is 11.6. The Kier molecular flexibility index (Phi) is 3.74. The van der Waals surface area contributed by atoms with Crippen LogP contribution in [0.5, 0.6) is 0 Å². The Morgan fingerprint density at radius 3 is 2.67 bits per heavy atom. The van der Waals surface area contributed by atoms with E-state index in [1.54, 1.807) is 0 Å². The van der Waals surface area contributed by atoms with Gasteiger partial charge in [0.2, 0.25) is 0 Å². The fourth-order valence-electron chi connectivity index (χ4n) is 1.16. The van der Waals surface area contributed by atoms with Gasteiger partial charge < -0.3 is 10.5 Å².